The Morgan fingerprint density at radius 3 is 2.19 bits per heavy atom. The van der Waals surface area contributed by atoms with Gasteiger partial charge in [-0.2, -0.15) is 0 Å². The van der Waals surface area contributed by atoms with Crippen LogP contribution in [0, 0.1) is 0 Å². The maximum Gasteiger partial charge on any atom is 0.328 e. The van der Waals surface area contributed by atoms with Gasteiger partial charge < -0.3 is 25.6 Å². The minimum atomic E-state index is -1.08. The van der Waals surface area contributed by atoms with Crippen molar-refractivity contribution in [1.82, 2.24) is 5.32 Å². The summed E-state index contributed by atoms with van der Waals surface area (Å²) >= 11 is 0. The van der Waals surface area contributed by atoms with Gasteiger partial charge in [-0.05, 0) is 12.8 Å². The summed E-state index contributed by atoms with van der Waals surface area (Å²) < 4.78 is 8.95. The van der Waals surface area contributed by atoms with E-state index in [9.17, 15) is 19.2 Å². The summed E-state index contributed by atoms with van der Waals surface area (Å²) in [5, 5.41) is 10.8. The van der Waals surface area contributed by atoms with Crippen molar-refractivity contribution in [2.75, 3.05) is 14.2 Å². The number of carboxylic acids is 1. The van der Waals surface area contributed by atoms with E-state index in [0.29, 0.717) is 0 Å². The average Bonchev–Trinajstić information content (AvgIpc) is 2.47. The van der Waals surface area contributed by atoms with Crippen LogP contribution in [0.15, 0.2) is 0 Å². The minimum absolute atomic E-state index is 0.00324. The van der Waals surface area contributed by atoms with Gasteiger partial charge in [0.05, 0.1) is 20.3 Å². The van der Waals surface area contributed by atoms with Crippen LogP contribution in [-0.2, 0) is 28.7 Å². The first kappa shape index (κ1) is 18.8. The lowest BCUT2D eigenvalue weighted by atomic mass is 10.1. The molecule has 9 nitrogen and oxygen atoms in total. The summed E-state index contributed by atoms with van der Waals surface area (Å²) in [6.45, 7) is 0. The lowest BCUT2D eigenvalue weighted by molar-refractivity contribution is -0.147. The average molecular weight is 304 g/mol. The Bertz CT molecular complexity index is 397. The number of rotatable bonds is 9. The summed E-state index contributed by atoms with van der Waals surface area (Å²) in [6, 6.07) is -2.11. The first-order valence-corrected chi connectivity index (χ1v) is 6.24. The molecule has 0 aromatic carbocycles. The van der Waals surface area contributed by atoms with E-state index in [1.165, 1.54) is 7.11 Å². The van der Waals surface area contributed by atoms with Crippen LogP contribution in [0.25, 0.3) is 0 Å². The largest absolute Gasteiger partial charge is 0.481 e. The molecule has 0 radical (unpaired) electrons. The number of carboxylic acid groups (broad SMARTS) is 1. The number of amides is 1. The zero-order valence-corrected chi connectivity index (χ0v) is 12.0. The lowest BCUT2D eigenvalue weighted by Crippen LogP contribution is -2.49. The molecule has 1 amide bonds. The molecule has 0 spiro atoms. The number of esters is 2. The molecular formula is C12H20N2O7. The SMILES string of the molecule is COC(=O)CCC(NC(=O)C(N)CCC(=O)O)C(=O)OC. The van der Waals surface area contributed by atoms with Gasteiger partial charge in [0.2, 0.25) is 5.91 Å². The number of aliphatic carboxylic acids is 1. The number of carbonyl (C=O) groups is 4. The quantitative estimate of drug-likeness (QED) is 0.450. The molecule has 0 aromatic heterocycles. The molecule has 0 rings (SSSR count). The highest BCUT2D eigenvalue weighted by Crippen LogP contribution is 2.03. The van der Waals surface area contributed by atoms with E-state index in [1.54, 1.807) is 0 Å². The van der Waals surface area contributed by atoms with E-state index >= 15 is 0 Å². The zero-order valence-electron chi connectivity index (χ0n) is 12.0. The third-order valence-corrected chi connectivity index (χ3v) is 2.67. The molecule has 0 fully saturated rings. The number of nitrogens with one attached hydrogen (secondary N) is 1. The molecule has 120 valence electrons. The number of hydrogen-bond donors (Lipinski definition) is 3. The predicted molar refractivity (Wildman–Crippen MR) is 70.0 cm³/mol. The summed E-state index contributed by atoms with van der Waals surface area (Å²) in [7, 11) is 2.35. The molecule has 9 heteroatoms. The number of carbonyl (C=O) groups excluding carboxylic acids is 3. The van der Waals surface area contributed by atoms with Gasteiger partial charge >= 0.3 is 17.9 Å². The minimum Gasteiger partial charge on any atom is -0.481 e. The molecule has 2 atom stereocenters. The molecule has 0 saturated carbocycles. The van der Waals surface area contributed by atoms with Crippen LogP contribution in [-0.4, -0.2) is 55.2 Å². The molecule has 0 aromatic rings. The van der Waals surface area contributed by atoms with Crippen molar-refractivity contribution in [3.63, 3.8) is 0 Å². The smallest absolute Gasteiger partial charge is 0.328 e. The Hall–Kier alpha value is -2.16. The van der Waals surface area contributed by atoms with Crippen molar-refractivity contribution in [1.29, 1.82) is 0 Å². The molecule has 2 unspecified atom stereocenters. The summed E-state index contributed by atoms with van der Waals surface area (Å²) in [5.74, 6) is -3.02. The van der Waals surface area contributed by atoms with Gasteiger partial charge in [-0.25, -0.2) is 4.79 Å². The lowest BCUT2D eigenvalue weighted by Gasteiger charge is -2.18. The number of ether oxygens (including phenoxy) is 2. The van der Waals surface area contributed by atoms with Gasteiger partial charge in [0.25, 0.3) is 0 Å². The molecule has 0 bridgehead atoms. The molecule has 0 aliphatic rings. The van der Waals surface area contributed by atoms with Crippen molar-refractivity contribution in [3.8, 4) is 0 Å². The van der Waals surface area contributed by atoms with Crippen molar-refractivity contribution >= 4 is 23.8 Å². The second-order valence-electron chi connectivity index (χ2n) is 4.24. The van der Waals surface area contributed by atoms with Crippen LogP contribution in [0.2, 0.25) is 0 Å². The molecular weight excluding hydrogens is 284 g/mol. The molecule has 21 heavy (non-hydrogen) atoms. The highest BCUT2D eigenvalue weighted by Gasteiger charge is 2.25. The molecule has 0 heterocycles. The van der Waals surface area contributed by atoms with E-state index in [2.05, 4.69) is 14.8 Å². The molecule has 0 aliphatic carbocycles. The first-order valence-electron chi connectivity index (χ1n) is 6.24. The maximum absolute atomic E-state index is 11.7. The molecule has 0 saturated heterocycles. The monoisotopic (exact) mass is 304 g/mol. The van der Waals surface area contributed by atoms with E-state index in [0.717, 1.165) is 7.11 Å². The van der Waals surface area contributed by atoms with Gasteiger partial charge in [-0.3, -0.25) is 14.4 Å². The van der Waals surface area contributed by atoms with Gasteiger partial charge in [0.1, 0.15) is 6.04 Å². The van der Waals surface area contributed by atoms with Gasteiger partial charge in [-0.1, -0.05) is 0 Å². The van der Waals surface area contributed by atoms with Crippen molar-refractivity contribution in [3.05, 3.63) is 0 Å². The number of nitrogens with two attached hydrogens (primary N) is 1. The Morgan fingerprint density at radius 1 is 1.10 bits per heavy atom. The fourth-order valence-electron chi connectivity index (χ4n) is 1.44. The van der Waals surface area contributed by atoms with E-state index in [-0.39, 0.29) is 25.7 Å². The highest BCUT2D eigenvalue weighted by atomic mass is 16.5. The third-order valence-electron chi connectivity index (χ3n) is 2.67. The van der Waals surface area contributed by atoms with Gasteiger partial charge in [0.15, 0.2) is 0 Å². The van der Waals surface area contributed by atoms with Crippen LogP contribution in [0.1, 0.15) is 25.7 Å². The van der Waals surface area contributed by atoms with Gasteiger partial charge in [-0.15, -0.1) is 0 Å². The third kappa shape index (κ3) is 7.88. The second-order valence-corrected chi connectivity index (χ2v) is 4.24. The summed E-state index contributed by atoms with van der Waals surface area (Å²) in [6.07, 6.45) is -0.413. The van der Waals surface area contributed by atoms with Crippen molar-refractivity contribution < 1.29 is 33.8 Å². The molecule has 4 N–H and O–H groups in total. The first-order chi connectivity index (χ1) is 9.81. The normalized spacial score (nSPS) is 12.9. The summed E-state index contributed by atoms with van der Waals surface area (Å²) in [5.41, 5.74) is 5.52. The Kier molecular flexibility index (Phi) is 8.70. The predicted octanol–water partition coefficient (Wildman–Crippen LogP) is -1.21. The van der Waals surface area contributed by atoms with Crippen LogP contribution in [0.3, 0.4) is 0 Å². The van der Waals surface area contributed by atoms with Crippen LogP contribution < -0.4 is 11.1 Å². The zero-order chi connectivity index (χ0) is 16.4. The van der Waals surface area contributed by atoms with E-state index < -0.39 is 35.9 Å². The standard InChI is InChI=1S/C12H20N2O7/c1-20-10(17)6-4-8(12(19)21-2)14-11(18)7(13)3-5-9(15)16/h7-8H,3-6,13H2,1-2H3,(H,14,18)(H,15,16). The van der Waals surface area contributed by atoms with Gasteiger partial charge in [0, 0.05) is 12.8 Å². The fourth-order valence-corrected chi connectivity index (χ4v) is 1.44. The maximum atomic E-state index is 11.7. The Balaban J connectivity index is 4.50. The Morgan fingerprint density at radius 2 is 1.71 bits per heavy atom. The second kappa shape index (κ2) is 9.70. The van der Waals surface area contributed by atoms with Crippen LogP contribution >= 0.6 is 0 Å². The van der Waals surface area contributed by atoms with Crippen LogP contribution in [0.4, 0.5) is 0 Å². The van der Waals surface area contributed by atoms with E-state index in [4.69, 9.17) is 10.8 Å². The van der Waals surface area contributed by atoms with Crippen molar-refractivity contribution in [2.24, 2.45) is 5.73 Å². The highest BCUT2D eigenvalue weighted by molar-refractivity contribution is 5.88. The molecule has 0 aliphatic heterocycles. The number of methoxy groups -OCH3 is 2. The Labute approximate surface area is 121 Å². The number of hydrogen-bond acceptors (Lipinski definition) is 7. The van der Waals surface area contributed by atoms with Crippen LogP contribution in [0.5, 0.6) is 0 Å². The fraction of sp³-hybridized carbons (Fsp3) is 0.667. The topological polar surface area (TPSA) is 145 Å². The van der Waals surface area contributed by atoms with E-state index in [1.807, 2.05) is 0 Å². The van der Waals surface area contributed by atoms with Crippen molar-refractivity contribution in [2.45, 2.75) is 37.8 Å². The summed E-state index contributed by atoms with van der Waals surface area (Å²) in [4.78, 5) is 44.7.